The summed E-state index contributed by atoms with van der Waals surface area (Å²) in [7, 11) is 0. The van der Waals surface area contributed by atoms with Crippen molar-refractivity contribution in [1.29, 1.82) is 0 Å². The second-order valence-corrected chi connectivity index (χ2v) is 4.48. The molecule has 1 aromatic carbocycles. The van der Waals surface area contributed by atoms with Gasteiger partial charge in [-0.1, -0.05) is 49.8 Å². The molecule has 0 fully saturated rings. The fourth-order valence-corrected chi connectivity index (χ4v) is 2.25. The highest BCUT2D eigenvalue weighted by atomic mass is 14.1. The second kappa shape index (κ2) is 5.16. The molecule has 0 bridgehead atoms. The van der Waals surface area contributed by atoms with E-state index in [4.69, 9.17) is 0 Å². The smallest absolute Gasteiger partial charge is 0.0192 e. The van der Waals surface area contributed by atoms with Crippen molar-refractivity contribution in [2.75, 3.05) is 0 Å². The van der Waals surface area contributed by atoms with Crippen LogP contribution in [0.3, 0.4) is 0 Å². The fraction of sp³-hybridized carbons (Fsp3) is 0.375. The summed E-state index contributed by atoms with van der Waals surface area (Å²) in [5.41, 5.74) is 5.76. The van der Waals surface area contributed by atoms with E-state index in [1.54, 1.807) is 0 Å². The van der Waals surface area contributed by atoms with E-state index in [2.05, 4.69) is 50.3 Å². The second-order valence-electron chi connectivity index (χ2n) is 4.48. The molecule has 0 aliphatic heterocycles. The molecule has 84 valence electrons. The Morgan fingerprint density at radius 3 is 3.00 bits per heavy atom. The molecule has 0 nitrogen and oxygen atoms in total. The molecular weight excluding hydrogens is 192 g/mol. The molecule has 0 heterocycles. The van der Waals surface area contributed by atoms with Gasteiger partial charge in [-0.25, -0.2) is 0 Å². The summed E-state index contributed by atoms with van der Waals surface area (Å²) in [4.78, 5) is 0. The average Bonchev–Trinajstić information content (AvgIpc) is 2.33. The first-order valence-electron chi connectivity index (χ1n) is 6.28. The number of fused-ring (bicyclic) bond motifs is 1. The van der Waals surface area contributed by atoms with Crippen LogP contribution in [-0.2, 0) is 6.42 Å². The summed E-state index contributed by atoms with van der Waals surface area (Å²) in [6.45, 7) is 4.45. The van der Waals surface area contributed by atoms with Gasteiger partial charge in [-0.3, -0.25) is 0 Å². The Bertz CT molecular complexity index is 422. The lowest BCUT2D eigenvalue weighted by molar-refractivity contribution is 0.961. The molecular formula is C16H20. The van der Waals surface area contributed by atoms with Crippen LogP contribution in [0.1, 0.15) is 48.4 Å². The summed E-state index contributed by atoms with van der Waals surface area (Å²) in [6, 6.07) is 4.55. The first-order valence-corrected chi connectivity index (χ1v) is 6.28. The molecule has 0 unspecified atom stereocenters. The maximum absolute atomic E-state index is 2.29. The molecule has 2 rings (SSSR count). The van der Waals surface area contributed by atoms with Crippen LogP contribution in [0.5, 0.6) is 0 Å². The van der Waals surface area contributed by atoms with Crippen molar-refractivity contribution in [3.63, 3.8) is 0 Å². The average molecular weight is 212 g/mol. The van der Waals surface area contributed by atoms with Gasteiger partial charge in [-0.15, -0.1) is 0 Å². The molecule has 1 aromatic rings. The predicted molar refractivity (Wildman–Crippen MR) is 72.5 cm³/mol. The van der Waals surface area contributed by atoms with Gasteiger partial charge in [-0.2, -0.15) is 0 Å². The van der Waals surface area contributed by atoms with Crippen LogP contribution in [0.15, 0.2) is 24.3 Å². The maximum Gasteiger partial charge on any atom is -0.0192 e. The molecule has 0 radical (unpaired) electrons. The number of aryl methyl sites for hydroxylation is 1. The lowest BCUT2D eigenvalue weighted by Gasteiger charge is -2.14. The van der Waals surface area contributed by atoms with Crippen molar-refractivity contribution in [1.82, 2.24) is 0 Å². The molecule has 0 atom stereocenters. The zero-order valence-corrected chi connectivity index (χ0v) is 10.3. The summed E-state index contributed by atoms with van der Waals surface area (Å²) < 4.78 is 0. The molecule has 0 spiro atoms. The topological polar surface area (TPSA) is 0 Å². The number of benzene rings is 1. The van der Waals surface area contributed by atoms with E-state index in [1.165, 1.54) is 47.9 Å². The third kappa shape index (κ3) is 2.27. The van der Waals surface area contributed by atoms with E-state index in [1.807, 2.05) is 0 Å². The monoisotopic (exact) mass is 212 g/mol. The molecule has 0 aromatic heterocycles. The highest BCUT2D eigenvalue weighted by molar-refractivity contribution is 5.67. The fourth-order valence-electron chi connectivity index (χ4n) is 2.25. The van der Waals surface area contributed by atoms with Crippen molar-refractivity contribution >= 4 is 12.2 Å². The minimum Gasteiger partial charge on any atom is -0.0839 e. The Kier molecular flexibility index (Phi) is 3.61. The Morgan fingerprint density at radius 1 is 1.31 bits per heavy atom. The van der Waals surface area contributed by atoms with Crippen molar-refractivity contribution in [2.45, 2.75) is 39.5 Å². The molecule has 0 saturated carbocycles. The van der Waals surface area contributed by atoms with Gasteiger partial charge in [0.15, 0.2) is 0 Å². The van der Waals surface area contributed by atoms with Crippen LogP contribution in [0.4, 0.5) is 0 Å². The van der Waals surface area contributed by atoms with Gasteiger partial charge in [0.25, 0.3) is 0 Å². The van der Waals surface area contributed by atoms with E-state index in [0.717, 1.165) is 0 Å². The van der Waals surface area contributed by atoms with E-state index >= 15 is 0 Å². The Labute approximate surface area is 98.7 Å². The minimum absolute atomic E-state index is 1.17. The normalized spacial score (nSPS) is 14.4. The Morgan fingerprint density at radius 2 is 2.19 bits per heavy atom. The Balaban J connectivity index is 2.32. The van der Waals surface area contributed by atoms with E-state index < -0.39 is 0 Å². The van der Waals surface area contributed by atoms with Crippen molar-refractivity contribution in [3.05, 3.63) is 46.5 Å². The van der Waals surface area contributed by atoms with Gasteiger partial charge in [0.2, 0.25) is 0 Å². The van der Waals surface area contributed by atoms with Crippen molar-refractivity contribution in [2.24, 2.45) is 0 Å². The van der Waals surface area contributed by atoms with Crippen LogP contribution in [0.25, 0.3) is 12.2 Å². The highest BCUT2D eigenvalue weighted by Crippen LogP contribution is 2.25. The van der Waals surface area contributed by atoms with E-state index in [0.29, 0.717) is 0 Å². The SMILES string of the molecule is CCC/C=C\c1ccc2c(c1C)C=CCC2. The van der Waals surface area contributed by atoms with Gasteiger partial charge >= 0.3 is 0 Å². The molecule has 0 saturated heterocycles. The lowest BCUT2D eigenvalue weighted by atomic mass is 9.90. The molecule has 1 aliphatic rings. The van der Waals surface area contributed by atoms with Crippen LogP contribution in [-0.4, -0.2) is 0 Å². The van der Waals surface area contributed by atoms with Crippen molar-refractivity contribution in [3.8, 4) is 0 Å². The summed E-state index contributed by atoms with van der Waals surface area (Å²) in [5.74, 6) is 0. The zero-order valence-electron chi connectivity index (χ0n) is 10.3. The third-order valence-corrected chi connectivity index (χ3v) is 3.26. The number of hydrogen-bond donors (Lipinski definition) is 0. The van der Waals surface area contributed by atoms with E-state index in [9.17, 15) is 0 Å². The van der Waals surface area contributed by atoms with Crippen molar-refractivity contribution < 1.29 is 0 Å². The molecule has 1 aliphatic carbocycles. The Hall–Kier alpha value is -1.30. The standard InChI is InChI=1S/C16H20/c1-3-4-5-8-14-11-12-15-9-6-7-10-16(15)13(14)2/h5,7-8,10-12H,3-4,6,9H2,1-2H3/b8-5-. The largest absolute Gasteiger partial charge is 0.0839 e. The molecule has 0 amide bonds. The van der Waals surface area contributed by atoms with Crippen LogP contribution in [0.2, 0.25) is 0 Å². The lowest BCUT2D eigenvalue weighted by Crippen LogP contribution is -1.98. The quantitative estimate of drug-likeness (QED) is 0.677. The summed E-state index contributed by atoms with van der Waals surface area (Å²) in [6.07, 6.45) is 13.9. The highest BCUT2D eigenvalue weighted by Gasteiger charge is 2.08. The van der Waals surface area contributed by atoms with E-state index in [-0.39, 0.29) is 0 Å². The first-order chi connectivity index (χ1) is 7.83. The minimum atomic E-state index is 1.17. The predicted octanol–water partition coefficient (Wildman–Crippen LogP) is 4.77. The van der Waals surface area contributed by atoms with Gasteiger partial charge in [-0.05, 0) is 48.4 Å². The maximum atomic E-state index is 2.29. The van der Waals surface area contributed by atoms with Crippen LogP contribution in [0, 0.1) is 6.92 Å². The molecule has 0 N–H and O–H groups in total. The number of allylic oxidation sites excluding steroid dienone is 2. The van der Waals surface area contributed by atoms with Gasteiger partial charge in [0, 0.05) is 0 Å². The molecule has 0 heteroatoms. The van der Waals surface area contributed by atoms with Crippen LogP contribution < -0.4 is 0 Å². The van der Waals surface area contributed by atoms with Gasteiger partial charge in [0.05, 0.1) is 0 Å². The summed E-state index contributed by atoms with van der Waals surface area (Å²) >= 11 is 0. The third-order valence-electron chi connectivity index (χ3n) is 3.26. The van der Waals surface area contributed by atoms with Gasteiger partial charge in [0.1, 0.15) is 0 Å². The zero-order chi connectivity index (χ0) is 11.4. The van der Waals surface area contributed by atoms with Crippen LogP contribution >= 0.6 is 0 Å². The number of hydrogen-bond acceptors (Lipinski definition) is 0. The number of unbranched alkanes of at least 4 members (excludes halogenated alkanes) is 1. The number of rotatable bonds is 3. The molecule has 16 heavy (non-hydrogen) atoms. The first kappa shape index (κ1) is 11.2. The van der Waals surface area contributed by atoms with Gasteiger partial charge < -0.3 is 0 Å². The summed E-state index contributed by atoms with van der Waals surface area (Å²) in [5, 5.41) is 0.